The maximum Gasteiger partial charge on any atom is 0.250 e. The molecule has 0 bridgehead atoms. The van der Waals surface area contributed by atoms with Crippen molar-refractivity contribution in [2.75, 3.05) is 6.61 Å². The molecule has 0 spiro atoms. The van der Waals surface area contributed by atoms with E-state index in [1.807, 2.05) is 6.92 Å². The molecule has 1 rings (SSSR count). The smallest absolute Gasteiger partial charge is 0.250 e. The predicted octanol–water partition coefficient (Wildman–Crippen LogP) is 0.696. The lowest BCUT2D eigenvalue weighted by molar-refractivity contribution is 0.116. The van der Waals surface area contributed by atoms with Crippen LogP contribution in [0, 0.1) is 0 Å². The van der Waals surface area contributed by atoms with Crippen LogP contribution in [0.1, 0.15) is 19.2 Å². The zero-order valence-electron chi connectivity index (χ0n) is 7.04. The molecule has 0 radical (unpaired) electrons. The average molecular weight is 168 g/mol. The third-order valence-electron chi connectivity index (χ3n) is 1.31. The third-order valence-corrected chi connectivity index (χ3v) is 1.31. The number of aromatic nitrogens is 2. The van der Waals surface area contributed by atoms with E-state index in [-0.39, 0.29) is 5.56 Å². The Bertz CT molecular complexity index is 282. The lowest BCUT2D eigenvalue weighted by Crippen LogP contribution is -2.10. The molecule has 0 atom stereocenters. The molecule has 0 aliphatic carbocycles. The number of nitrogens with one attached hydrogen (secondary N) is 1. The van der Waals surface area contributed by atoms with Gasteiger partial charge in [0.15, 0.2) is 0 Å². The summed E-state index contributed by atoms with van der Waals surface area (Å²) in [5.74, 6) is 0.580. The van der Waals surface area contributed by atoms with Gasteiger partial charge in [-0.2, -0.15) is 0 Å². The minimum Gasteiger partial charge on any atom is -0.374 e. The van der Waals surface area contributed by atoms with Crippen molar-refractivity contribution >= 4 is 0 Å². The zero-order chi connectivity index (χ0) is 8.81. The van der Waals surface area contributed by atoms with Crippen molar-refractivity contribution in [3.63, 3.8) is 0 Å². The number of aromatic amines is 1. The number of H-pyrrole nitrogens is 1. The van der Waals surface area contributed by atoms with E-state index in [0.717, 1.165) is 6.42 Å². The molecule has 0 saturated heterocycles. The lowest BCUT2D eigenvalue weighted by Gasteiger charge is -1.99. The minimum atomic E-state index is -0.139. The van der Waals surface area contributed by atoms with Gasteiger partial charge >= 0.3 is 0 Å². The quantitative estimate of drug-likeness (QED) is 0.673. The Morgan fingerprint density at radius 3 is 3.17 bits per heavy atom. The van der Waals surface area contributed by atoms with E-state index in [1.54, 1.807) is 0 Å². The van der Waals surface area contributed by atoms with Crippen LogP contribution in [0.2, 0.25) is 0 Å². The van der Waals surface area contributed by atoms with Crippen molar-refractivity contribution in [1.82, 2.24) is 9.97 Å². The van der Waals surface area contributed by atoms with Crippen LogP contribution >= 0.6 is 0 Å². The molecule has 66 valence electrons. The first-order chi connectivity index (χ1) is 5.83. The lowest BCUT2D eigenvalue weighted by atomic mass is 10.5. The Hall–Kier alpha value is -1.16. The zero-order valence-corrected chi connectivity index (χ0v) is 7.04. The van der Waals surface area contributed by atoms with Gasteiger partial charge in [-0.15, -0.1) is 0 Å². The van der Waals surface area contributed by atoms with Crippen molar-refractivity contribution in [3.8, 4) is 0 Å². The number of rotatable bonds is 4. The summed E-state index contributed by atoms with van der Waals surface area (Å²) in [6.07, 6.45) is 2.44. The summed E-state index contributed by atoms with van der Waals surface area (Å²) in [5, 5.41) is 0. The van der Waals surface area contributed by atoms with E-state index in [1.165, 1.54) is 12.3 Å². The second-order valence-corrected chi connectivity index (χ2v) is 2.43. The third kappa shape index (κ3) is 2.84. The van der Waals surface area contributed by atoms with E-state index in [0.29, 0.717) is 19.0 Å². The molecular formula is C8H12N2O2. The van der Waals surface area contributed by atoms with Crippen molar-refractivity contribution in [3.05, 3.63) is 28.4 Å². The summed E-state index contributed by atoms with van der Waals surface area (Å²) in [5.41, 5.74) is -0.139. The van der Waals surface area contributed by atoms with Crippen LogP contribution in [-0.4, -0.2) is 16.6 Å². The molecular weight excluding hydrogens is 156 g/mol. The SMILES string of the molecule is CCCOCc1nccc(=O)[nH]1. The van der Waals surface area contributed by atoms with Crippen molar-refractivity contribution in [1.29, 1.82) is 0 Å². The van der Waals surface area contributed by atoms with Crippen molar-refractivity contribution in [2.45, 2.75) is 20.0 Å². The van der Waals surface area contributed by atoms with Gasteiger partial charge in [-0.05, 0) is 6.42 Å². The van der Waals surface area contributed by atoms with E-state index >= 15 is 0 Å². The van der Waals surface area contributed by atoms with Crippen LogP contribution in [-0.2, 0) is 11.3 Å². The number of hydrogen-bond acceptors (Lipinski definition) is 3. The van der Waals surface area contributed by atoms with Gasteiger partial charge in [-0.3, -0.25) is 4.79 Å². The molecule has 1 N–H and O–H groups in total. The number of hydrogen-bond donors (Lipinski definition) is 1. The van der Waals surface area contributed by atoms with Gasteiger partial charge in [-0.1, -0.05) is 6.92 Å². The predicted molar refractivity (Wildman–Crippen MR) is 44.8 cm³/mol. The standard InChI is InChI=1S/C8H12N2O2/c1-2-5-12-6-7-9-4-3-8(11)10-7/h3-4H,2,5-6H2,1H3,(H,9,10,11). The van der Waals surface area contributed by atoms with Crippen LogP contribution in [0.15, 0.2) is 17.1 Å². The molecule has 1 aromatic rings. The van der Waals surface area contributed by atoms with Gasteiger partial charge in [0.05, 0.1) is 0 Å². The van der Waals surface area contributed by atoms with Gasteiger partial charge < -0.3 is 9.72 Å². The molecule has 4 nitrogen and oxygen atoms in total. The highest BCUT2D eigenvalue weighted by Crippen LogP contribution is 1.89. The molecule has 0 amide bonds. The fourth-order valence-corrected chi connectivity index (χ4v) is 0.798. The Kier molecular flexibility index (Phi) is 3.47. The first-order valence-electron chi connectivity index (χ1n) is 3.95. The molecule has 0 aliphatic rings. The van der Waals surface area contributed by atoms with Gasteiger partial charge in [0, 0.05) is 18.9 Å². The molecule has 0 unspecified atom stereocenters. The molecule has 1 aromatic heterocycles. The summed E-state index contributed by atoms with van der Waals surface area (Å²) in [4.78, 5) is 17.3. The van der Waals surface area contributed by atoms with Gasteiger partial charge in [-0.25, -0.2) is 4.98 Å². The first-order valence-corrected chi connectivity index (χ1v) is 3.95. The first kappa shape index (κ1) is 8.93. The number of ether oxygens (including phenoxy) is 1. The van der Waals surface area contributed by atoms with Gasteiger partial charge in [0.2, 0.25) is 0 Å². The molecule has 12 heavy (non-hydrogen) atoms. The Balaban J connectivity index is 2.47. The molecule has 0 fully saturated rings. The van der Waals surface area contributed by atoms with E-state index in [4.69, 9.17) is 4.74 Å². The maximum atomic E-state index is 10.8. The molecule has 0 saturated carbocycles. The Labute approximate surface area is 70.6 Å². The molecule has 4 heteroatoms. The highest BCUT2D eigenvalue weighted by molar-refractivity contribution is 4.87. The fraction of sp³-hybridized carbons (Fsp3) is 0.500. The maximum absolute atomic E-state index is 10.8. The normalized spacial score (nSPS) is 10.1. The molecule has 0 aliphatic heterocycles. The van der Waals surface area contributed by atoms with Crippen molar-refractivity contribution < 1.29 is 4.74 Å². The average Bonchev–Trinajstić information content (AvgIpc) is 2.05. The summed E-state index contributed by atoms with van der Waals surface area (Å²) in [6.45, 7) is 3.10. The number of nitrogens with zero attached hydrogens (tertiary/aromatic N) is 1. The summed E-state index contributed by atoms with van der Waals surface area (Å²) in [7, 11) is 0. The molecule has 1 heterocycles. The second kappa shape index (κ2) is 4.66. The summed E-state index contributed by atoms with van der Waals surface area (Å²) in [6, 6.07) is 1.38. The molecule has 0 aromatic carbocycles. The van der Waals surface area contributed by atoms with Crippen LogP contribution < -0.4 is 5.56 Å². The highest BCUT2D eigenvalue weighted by Gasteiger charge is 1.93. The second-order valence-electron chi connectivity index (χ2n) is 2.43. The summed E-state index contributed by atoms with van der Waals surface area (Å²) < 4.78 is 5.19. The van der Waals surface area contributed by atoms with E-state index in [2.05, 4.69) is 9.97 Å². The van der Waals surface area contributed by atoms with Crippen LogP contribution in [0.4, 0.5) is 0 Å². The van der Waals surface area contributed by atoms with Crippen molar-refractivity contribution in [2.24, 2.45) is 0 Å². The van der Waals surface area contributed by atoms with Crippen LogP contribution in [0.25, 0.3) is 0 Å². The Morgan fingerprint density at radius 2 is 2.50 bits per heavy atom. The van der Waals surface area contributed by atoms with E-state index in [9.17, 15) is 4.79 Å². The Morgan fingerprint density at radius 1 is 1.67 bits per heavy atom. The van der Waals surface area contributed by atoms with E-state index < -0.39 is 0 Å². The van der Waals surface area contributed by atoms with Crippen LogP contribution in [0.3, 0.4) is 0 Å². The highest BCUT2D eigenvalue weighted by atomic mass is 16.5. The topological polar surface area (TPSA) is 55.0 Å². The van der Waals surface area contributed by atoms with Crippen LogP contribution in [0.5, 0.6) is 0 Å². The van der Waals surface area contributed by atoms with Gasteiger partial charge in [0.25, 0.3) is 5.56 Å². The van der Waals surface area contributed by atoms with Gasteiger partial charge in [0.1, 0.15) is 12.4 Å². The fourth-order valence-electron chi connectivity index (χ4n) is 0.798. The summed E-state index contributed by atoms with van der Waals surface area (Å²) >= 11 is 0. The minimum absolute atomic E-state index is 0.139. The monoisotopic (exact) mass is 168 g/mol. The largest absolute Gasteiger partial charge is 0.374 e.